The maximum absolute atomic E-state index is 5.61. The van der Waals surface area contributed by atoms with Crippen LogP contribution >= 0.6 is 0 Å². The van der Waals surface area contributed by atoms with Gasteiger partial charge in [-0.25, -0.2) is 0 Å². The van der Waals surface area contributed by atoms with Gasteiger partial charge >= 0.3 is 0 Å². The molecule has 1 aliphatic heterocycles. The molecule has 1 atom stereocenters. The van der Waals surface area contributed by atoms with Crippen molar-refractivity contribution >= 4 is 0 Å². The van der Waals surface area contributed by atoms with Crippen molar-refractivity contribution in [2.24, 2.45) is 11.7 Å². The van der Waals surface area contributed by atoms with Gasteiger partial charge in [-0.15, -0.1) is 0 Å². The minimum absolute atomic E-state index is 0.262. The van der Waals surface area contributed by atoms with Crippen molar-refractivity contribution in [3.63, 3.8) is 0 Å². The zero-order valence-electron chi connectivity index (χ0n) is 8.69. The Balaban J connectivity index is 1.74. The van der Waals surface area contributed by atoms with E-state index in [4.69, 9.17) is 10.5 Å². The van der Waals surface area contributed by atoms with Crippen molar-refractivity contribution in [2.45, 2.75) is 18.9 Å². The molecule has 14 heavy (non-hydrogen) atoms. The molecule has 0 radical (unpaired) electrons. The summed E-state index contributed by atoms with van der Waals surface area (Å²) in [5.74, 6) is 0.839. The molecule has 80 valence electrons. The van der Waals surface area contributed by atoms with Gasteiger partial charge in [0.15, 0.2) is 0 Å². The Morgan fingerprint density at radius 2 is 2.14 bits per heavy atom. The van der Waals surface area contributed by atoms with Crippen LogP contribution in [-0.4, -0.2) is 43.8 Å². The Bertz CT molecular complexity index is 197. The molecule has 0 spiro atoms. The second-order valence-electron chi connectivity index (χ2n) is 4.30. The Labute approximate surface area is 85.9 Å². The summed E-state index contributed by atoms with van der Waals surface area (Å²) in [5, 5.41) is 0. The summed E-state index contributed by atoms with van der Waals surface area (Å²) in [7, 11) is 0. The first-order valence-electron chi connectivity index (χ1n) is 5.57. The highest BCUT2D eigenvalue weighted by Crippen LogP contribution is 2.19. The van der Waals surface area contributed by atoms with Gasteiger partial charge in [-0.3, -0.25) is 4.90 Å². The lowest BCUT2D eigenvalue weighted by atomic mass is 10.1. The molecular weight excluding hydrogens is 176 g/mol. The molecule has 0 amide bonds. The standard InChI is InChI=1S/C11H20N2O/c12-7-11-9-13(5-6-14-11)8-10-3-1-2-4-10/h1-2,10-11H,3-9,12H2. The Kier molecular flexibility index (Phi) is 3.56. The molecule has 3 nitrogen and oxygen atoms in total. The number of allylic oxidation sites excluding steroid dienone is 2. The number of morpholine rings is 1. The lowest BCUT2D eigenvalue weighted by molar-refractivity contribution is -0.0272. The van der Waals surface area contributed by atoms with Crippen molar-refractivity contribution in [3.05, 3.63) is 12.2 Å². The van der Waals surface area contributed by atoms with Crippen molar-refractivity contribution in [3.8, 4) is 0 Å². The number of hydrogen-bond donors (Lipinski definition) is 1. The van der Waals surface area contributed by atoms with Gasteiger partial charge in [-0.1, -0.05) is 12.2 Å². The Morgan fingerprint density at radius 3 is 2.86 bits per heavy atom. The van der Waals surface area contributed by atoms with Gasteiger partial charge in [0.05, 0.1) is 12.7 Å². The lowest BCUT2D eigenvalue weighted by Crippen LogP contribution is -2.46. The van der Waals surface area contributed by atoms with E-state index in [1.807, 2.05) is 0 Å². The highest BCUT2D eigenvalue weighted by atomic mass is 16.5. The van der Waals surface area contributed by atoms with E-state index in [0.717, 1.165) is 25.6 Å². The van der Waals surface area contributed by atoms with Crippen molar-refractivity contribution in [2.75, 3.05) is 32.8 Å². The summed E-state index contributed by atoms with van der Waals surface area (Å²) in [5.41, 5.74) is 5.61. The van der Waals surface area contributed by atoms with Crippen LogP contribution in [-0.2, 0) is 4.74 Å². The number of rotatable bonds is 3. The third-order valence-electron chi connectivity index (χ3n) is 3.11. The van der Waals surface area contributed by atoms with Gasteiger partial charge < -0.3 is 10.5 Å². The second-order valence-corrected chi connectivity index (χ2v) is 4.30. The molecule has 1 fully saturated rings. The van der Waals surface area contributed by atoms with Gasteiger partial charge in [0.25, 0.3) is 0 Å². The van der Waals surface area contributed by atoms with E-state index >= 15 is 0 Å². The fourth-order valence-electron chi connectivity index (χ4n) is 2.28. The first-order chi connectivity index (χ1) is 6.88. The number of nitrogens with two attached hydrogens (primary N) is 1. The fraction of sp³-hybridized carbons (Fsp3) is 0.818. The van der Waals surface area contributed by atoms with E-state index in [-0.39, 0.29) is 6.10 Å². The molecule has 2 aliphatic rings. The molecule has 3 heteroatoms. The van der Waals surface area contributed by atoms with E-state index in [1.54, 1.807) is 0 Å². The molecule has 0 aromatic heterocycles. The van der Waals surface area contributed by atoms with Crippen LogP contribution in [0.4, 0.5) is 0 Å². The van der Waals surface area contributed by atoms with Crippen molar-refractivity contribution < 1.29 is 4.74 Å². The van der Waals surface area contributed by atoms with E-state index in [0.29, 0.717) is 6.54 Å². The zero-order valence-corrected chi connectivity index (χ0v) is 8.69. The van der Waals surface area contributed by atoms with Gasteiger partial charge in [0, 0.05) is 26.2 Å². The maximum atomic E-state index is 5.61. The zero-order chi connectivity index (χ0) is 9.80. The van der Waals surface area contributed by atoms with Crippen LogP contribution < -0.4 is 5.73 Å². The third kappa shape index (κ3) is 2.56. The van der Waals surface area contributed by atoms with Crippen molar-refractivity contribution in [1.29, 1.82) is 0 Å². The predicted molar refractivity (Wildman–Crippen MR) is 57.1 cm³/mol. The first kappa shape index (κ1) is 10.1. The monoisotopic (exact) mass is 196 g/mol. The van der Waals surface area contributed by atoms with Crippen molar-refractivity contribution in [1.82, 2.24) is 4.90 Å². The average Bonchev–Trinajstić information content (AvgIpc) is 2.71. The van der Waals surface area contributed by atoms with Crippen LogP contribution in [0.2, 0.25) is 0 Å². The number of hydrogen-bond acceptors (Lipinski definition) is 3. The van der Waals surface area contributed by atoms with Crippen LogP contribution in [0.15, 0.2) is 12.2 Å². The van der Waals surface area contributed by atoms with E-state index in [9.17, 15) is 0 Å². The second kappa shape index (κ2) is 4.91. The normalized spacial score (nSPS) is 29.9. The number of ether oxygens (including phenoxy) is 1. The summed E-state index contributed by atoms with van der Waals surface area (Å²) < 4.78 is 5.54. The highest BCUT2D eigenvalue weighted by Gasteiger charge is 2.22. The van der Waals surface area contributed by atoms with Gasteiger partial charge in [0.1, 0.15) is 0 Å². The van der Waals surface area contributed by atoms with Gasteiger partial charge in [-0.05, 0) is 18.8 Å². The molecule has 0 bridgehead atoms. The minimum Gasteiger partial charge on any atom is -0.374 e. The van der Waals surface area contributed by atoms with Crippen LogP contribution in [0.3, 0.4) is 0 Å². The van der Waals surface area contributed by atoms with E-state index in [1.165, 1.54) is 19.4 Å². The molecule has 1 heterocycles. The molecule has 1 aliphatic carbocycles. The van der Waals surface area contributed by atoms with E-state index < -0.39 is 0 Å². The Morgan fingerprint density at radius 1 is 1.36 bits per heavy atom. The first-order valence-corrected chi connectivity index (χ1v) is 5.57. The summed E-state index contributed by atoms with van der Waals surface area (Å²) in [6.07, 6.45) is 7.37. The maximum Gasteiger partial charge on any atom is 0.0824 e. The topological polar surface area (TPSA) is 38.5 Å². The molecule has 0 aromatic rings. The largest absolute Gasteiger partial charge is 0.374 e. The average molecular weight is 196 g/mol. The van der Waals surface area contributed by atoms with Crippen LogP contribution in [0, 0.1) is 5.92 Å². The third-order valence-corrected chi connectivity index (χ3v) is 3.11. The number of nitrogens with zero attached hydrogens (tertiary/aromatic N) is 1. The van der Waals surface area contributed by atoms with E-state index in [2.05, 4.69) is 17.1 Å². The lowest BCUT2D eigenvalue weighted by Gasteiger charge is -2.33. The van der Waals surface area contributed by atoms with Crippen LogP contribution in [0.1, 0.15) is 12.8 Å². The minimum atomic E-state index is 0.262. The van der Waals surface area contributed by atoms with Gasteiger partial charge in [0.2, 0.25) is 0 Å². The molecule has 0 aromatic carbocycles. The molecule has 1 saturated heterocycles. The summed E-state index contributed by atoms with van der Waals surface area (Å²) >= 11 is 0. The molecular formula is C11H20N2O. The Hall–Kier alpha value is -0.380. The molecule has 2 rings (SSSR count). The molecule has 2 N–H and O–H groups in total. The van der Waals surface area contributed by atoms with Crippen LogP contribution in [0.5, 0.6) is 0 Å². The van der Waals surface area contributed by atoms with Gasteiger partial charge in [-0.2, -0.15) is 0 Å². The van der Waals surface area contributed by atoms with Crippen LogP contribution in [0.25, 0.3) is 0 Å². The molecule has 1 unspecified atom stereocenters. The predicted octanol–water partition coefficient (Wildman–Crippen LogP) is 0.612. The SMILES string of the molecule is NCC1CN(CC2CC=CC2)CCO1. The fourth-order valence-corrected chi connectivity index (χ4v) is 2.28. The summed E-state index contributed by atoms with van der Waals surface area (Å²) in [4.78, 5) is 2.50. The summed E-state index contributed by atoms with van der Waals surface area (Å²) in [6.45, 7) is 4.81. The highest BCUT2D eigenvalue weighted by molar-refractivity contribution is 4.95. The summed E-state index contributed by atoms with van der Waals surface area (Å²) in [6, 6.07) is 0. The quantitative estimate of drug-likeness (QED) is 0.672. The molecule has 0 saturated carbocycles. The smallest absolute Gasteiger partial charge is 0.0824 e.